The molecule has 1 rings (SSSR count). The molecule has 0 amide bonds. The van der Waals surface area contributed by atoms with Crippen molar-refractivity contribution in [2.75, 3.05) is 6.61 Å². The van der Waals surface area contributed by atoms with E-state index >= 15 is 0 Å². The average Bonchev–Trinajstić information content (AvgIpc) is 2.18. The molecule has 0 heterocycles. The molecule has 0 fully saturated rings. The largest absolute Gasteiger partial charge is 0.490 e. The Morgan fingerprint density at radius 1 is 1.33 bits per heavy atom. The number of benzene rings is 1. The first-order chi connectivity index (χ1) is 7.09. The maximum Gasteiger partial charge on any atom is 0.335 e. The van der Waals surface area contributed by atoms with Gasteiger partial charge in [-0.1, -0.05) is 5.57 Å². The Hall–Kier alpha value is -1.77. The van der Waals surface area contributed by atoms with Gasteiger partial charge in [0.25, 0.3) is 0 Å². The van der Waals surface area contributed by atoms with E-state index < -0.39 is 5.97 Å². The molecule has 0 atom stereocenters. The smallest absolute Gasteiger partial charge is 0.335 e. The summed E-state index contributed by atoms with van der Waals surface area (Å²) in [5.74, 6) is -0.247. The van der Waals surface area contributed by atoms with Crippen molar-refractivity contribution in [2.45, 2.75) is 13.8 Å². The van der Waals surface area contributed by atoms with Crippen LogP contribution in [0, 0.1) is 0 Å². The molecule has 0 aliphatic rings. The first kappa shape index (κ1) is 11.3. The predicted octanol–water partition coefficient (Wildman–Crippen LogP) is 2.73. The van der Waals surface area contributed by atoms with Gasteiger partial charge in [-0.15, -0.1) is 0 Å². The van der Waals surface area contributed by atoms with Crippen LogP contribution in [0.4, 0.5) is 0 Å². The third-order valence-corrected chi connectivity index (χ3v) is 1.84. The lowest BCUT2D eigenvalue weighted by molar-refractivity contribution is 0.0697. The van der Waals surface area contributed by atoms with Gasteiger partial charge in [-0.25, -0.2) is 4.79 Å². The third-order valence-electron chi connectivity index (χ3n) is 1.84. The van der Waals surface area contributed by atoms with Crippen LogP contribution in [-0.4, -0.2) is 17.7 Å². The summed E-state index contributed by atoms with van der Waals surface area (Å²) in [6.45, 7) is 4.50. The van der Waals surface area contributed by atoms with E-state index in [0.29, 0.717) is 12.4 Å². The van der Waals surface area contributed by atoms with E-state index in [2.05, 4.69) is 0 Å². The van der Waals surface area contributed by atoms with Crippen LogP contribution in [0.3, 0.4) is 0 Å². The van der Waals surface area contributed by atoms with Crippen LogP contribution in [0.25, 0.3) is 0 Å². The van der Waals surface area contributed by atoms with Crippen LogP contribution in [0.15, 0.2) is 35.9 Å². The molecule has 0 radical (unpaired) electrons. The molecule has 0 saturated heterocycles. The third kappa shape index (κ3) is 3.85. The fraction of sp³-hybridized carbons (Fsp3) is 0.250. The number of carbonyl (C=O) groups is 1. The lowest BCUT2D eigenvalue weighted by atomic mass is 10.2. The van der Waals surface area contributed by atoms with Crippen molar-refractivity contribution >= 4 is 5.97 Å². The van der Waals surface area contributed by atoms with Crippen molar-refractivity contribution in [3.05, 3.63) is 41.5 Å². The first-order valence-electron chi connectivity index (χ1n) is 4.69. The minimum Gasteiger partial charge on any atom is -0.490 e. The quantitative estimate of drug-likeness (QED) is 0.770. The van der Waals surface area contributed by atoms with Crippen molar-refractivity contribution in [1.82, 2.24) is 0 Å². The molecule has 0 saturated carbocycles. The Morgan fingerprint density at radius 3 is 2.40 bits per heavy atom. The minimum absolute atomic E-state index is 0.268. The number of carboxylic acids is 1. The number of aromatic carboxylic acids is 1. The van der Waals surface area contributed by atoms with Gasteiger partial charge in [0.05, 0.1) is 5.56 Å². The van der Waals surface area contributed by atoms with E-state index in [-0.39, 0.29) is 5.56 Å². The van der Waals surface area contributed by atoms with E-state index in [1.807, 2.05) is 19.9 Å². The summed E-state index contributed by atoms with van der Waals surface area (Å²) in [4.78, 5) is 10.6. The number of rotatable bonds is 4. The number of allylic oxidation sites excluding steroid dienone is 1. The van der Waals surface area contributed by atoms with Crippen LogP contribution >= 0.6 is 0 Å². The standard InChI is InChI=1S/C12H14O3/c1-9(2)7-8-15-11-5-3-10(4-6-11)12(13)14/h3-7H,8H2,1-2H3,(H,13,14). The lowest BCUT2D eigenvalue weighted by Crippen LogP contribution is -1.97. The van der Waals surface area contributed by atoms with Crippen LogP contribution in [0.1, 0.15) is 24.2 Å². The fourth-order valence-electron chi connectivity index (χ4n) is 0.998. The van der Waals surface area contributed by atoms with Crippen molar-refractivity contribution in [3.63, 3.8) is 0 Å². The lowest BCUT2D eigenvalue weighted by Gasteiger charge is -2.03. The molecule has 3 heteroatoms. The van der Waals surface area contributed by atoms with Gasteiger partial charge in [-0.05, 0) is 44.2 Å². The Balaban J connectivity index is 2.57. The average molecular weight is 206 g/mol. The van der Waals surface area contributed by atoms with Crippen LogP contribution in [-0.2, 0) is 0 Å². The van der Waals surface area contributed by atoms with Gasteiger partial charge in [0.2, 0.25) is 0 Å². The molecule has 1 aromatic rings. The Bertz CT molecular complexity index is 359. The summed E-state index contributed by atoms with van der Waals surface area (Å²) in [5.41, 5.74) is 1.46. The summed E-state index contributed by atoms with van der Waals surface area (Å²) in [6, 6.07) is 6.37. The molecule has 0 bridgehead atoms. The normalized spacial score (nSPS) is 9.47. The molecular weight excluding hydrogens is 192 g/mol. The van der Waals surface area contributed by atoms with Crippen molar-refractivity contribution in [1.29, 1.82) is 0 Å². The first-order valence-corrected chi connectivity index (χ1v) is 4.69. The molecule has 1 N–H and O–H groups in total. The van der Waals surface area contributed by atoms with Crippen LogP contribution in [0.2, 0.25) is 0 Å². The molecule has 0 spiro atoms. The summed E-state index contributed by atoms with van der Waals surface area (Å²) in [6.07, 6.45) is 1.96. The van der Waals surface area contributed by atoms with Crippen molar-refractivity contribution in [2.24, 2.45) is 0 Å². The summed E-state index contributed by atoms with van der Waals surface area (Å²) in [5, 5.41) is 8.67. The minimum atomic E-state index is -0.925. The monoisotopic (exact) mass is 206 g/mol. The molecular formula is C12H14O3. The van der Waals surface area contributed by atoms with E-state index in [1.54, 1.807) is 12.1 Å². The van der Waals surface area contributed by atoms with Gasteiger partial charge in [0.1, 0.15) is 12.4 Å². The van der Waals surface area contributed by atoms with Gasteiger partial charge in [-0.3, -0.25) is 0 Å². The highest BCUT2D eigenvalue weighted by Gasteiger charge is 2.01. The van der Waals surface area contributed by atoms with Crippen LogP contribution < -0.4 is 4.74 Å². The SMILES string of the molecule is CC(C)=CCOc1ccc(C(=O)O)cc1. The molecule has 0 aromatic heterocycles. The second-order valence-corrected chi connectivity index (χ2v) is 3.42. The molecule has 3 nitrogen and oxygen atoms in total. The second-order valence-electron chi connectivity index (χ2n) is 3.42. The zero-order valence-electron chi connectivity index (χ0n) is 8.86. The predicted molar refractivity (Wildman–Crippen MR) is 58.3 cm³/mol. The van der Waals surface area contributed by atoms with Gasteiger partial charge in [-0.2, -0.15) is 0 Å². The van der Waals surface area contributed by atoms with E-state index in [9.17, 15) is 4.79 Å². The van der Waals surface area contributed by atoms with E-state index in [4.69, 9.17) is 9.84 Å². The van der Waals surface area contributed by atoms with E-state index in [0.717, 1.165) is 0 Å². The van der Waals surface area contributed by atoms with Crippen molar-refractivity contribution < 1.29 is 14.6 Å². The molecule has 80 valence electrons. The molecule has 15 heavy (non-hydrogen) atoms. The fourth-order valence-corrected chi connectivity index (χ4v) is 0.998. The summed E-state index contributed by atoms with van der Waals surface area (Å²) in [7, 11) is 0. The van der Waals surface area contributed by atoms with E-state index in [1.165, 1.54) is 17.7 Å². The molecule has 1 aromatic carbocycles. The topological polar surface area (TPSA) is 46.5 Å². The van der Waals surface area contributed by atoms with Gasteiger partial charge >= 0.3 is 5.97 Å². The maximum atomic E-state index is 10.6. The van der Waals surface area contributed by atoms with Crippen molar-refractivity contribution in [3.8, 4) is 5.75 Å². The number of hydrogen-bond donors (Lipinski definition) is 1. The summed E-state index contributed by atoms with van der Waals surface area (Å²) >= 11 is 0. The zero-order chi connectivity index (χ0) is 11.3. The van der Waals surface area contributed by atoms with Gasteiger partial charge < -0.3 is 9.84 Å². The molecule has 0 aliphatic heterocycles. The molecule has 0 aliphatic carbocycles. The molecule has 0 unspecified atom stereocenters. The Morgan fingerprint density at radius 2 is 1.93 bits per heavy atom. The zero-order valence-corrected chi connectivity index (χ0v) is 8.86. The number of hydrogen-bond acceptors (Lipinski definition) is 2. The van der Waals surface area contributed by atoms with Crippen LogP contribution in [0.5, 0.6) is 5.75 Å². The Kier molecular flexibility index (Phi) is 3.92. The van der Waals surface area contributed by atoms with Gasteiger partial charge in [0.15, 0.2) is 0 Å². The highest BCUT2D eigenvalue weighted by Crippen LogP contribution is 2.12. The van der Waals surface area contributed by atoms with Gasteiger partial charge in [0, 0.05) is 0 Å². The summed E-state index contributed by atoms with van der Waals surface area (Å²) < 4.78 is 5.38. The number of ether oxygens (including phenoxy) is 1. The maximum absolute atomic E-state index is 10.6. The highest BCUT2D eigenvalue weighted by atomic mass is 16.5. The number of carboxylic acid groups (broad SMARTS) is 1. The second kappa shape index (κ2) is 5.20. The highest BCUT2D eigenvalue weighted by molar-refractivity contribution is 5.87. The Labute approximate surface area is 89.0 Å².